The predicted octanol–water partition coefficient (Wildman–Crippen LogP) is 3.10. The first-order valence-corrected chi connectivity index (χ1v) is 6.29. The van der Waals surface area contributed by atoms with E-state index in [9.17, 15) is 5.11 Å². The molecule has 2 rings (SSSR count). The first-order valence-electron chi connectivity index (χ1n) is 6.29. The zero-order valence-electron chi connectivity index (χ0n) is 11.8. The number of ether oxygens (including phenoxy) is 1. The summed E-state index contributed by atoms with van der Waals surface area (Å²) in [4.78, 5) is 4.13. The Labute approximate surface area is 113 Å². The van der Waals surface area contributed by atoms with Crippen molar-refractivity contribution in [3.63, 3.8) is 0 Å². The molecule has 0 fully saturated rings. The molecule has 2 aromatic rings. The van der Waals surface area contributed by atoms with Crippen molar-refractivity contribution >= 4 is 0 Å². The molecule has 1 aromatic carbocycles. The van der Waals surface area contributed by atoms with Gasteiger partial charge in [0.2, 0.25) is 5.88 Å². The summed E-state index contributed by atoms with van der Waals surface area (Å²) in [6.45, 7) is 6.13. The van der Waals surface area contributed by atoms with Crippen LogP contribution in [0.5, 0.6) is 5.88 Å². The summed E-state index contributed by atoms with van der Waals surface area (Å²) in [5, 5.41) is 10.6. The number of pyridine rings is 1. The smallest absolute Gasteiger partial charge is 0.219 e. The normalized spacial score (nSPS) is 12.3. The van der Waals surface area contributed by atoms with Gasteiger partial charge in [-0.05, 0) is 55.2 Å². The molecule has 0 saturated carbocycles. The fraction of sp³-hybridized carbons (Fsp3) is 0.312. The molecule has 0 amide bonds. The van der Waals surface area contributed by atoms with Crippen molar-refractivity contribution in [1.29, 1.82) is 0 Å². The second-order valence-electron chi connectivity index (χ2n) is 4.80. The third-order valence-electron chi connectivity index (χ3n) is 3.47. The van der Waals surface area contributed by atoms with Gasteiger partial charge >= 0.3 is 0 Å². The Morgan fingerprint density at radius 3 is 2.42 bits per heavy atom. The number of hydrogen-bond acceptors (Lipinski definition) is 3. The van der Waals surface area contributed by atoms with Crippen LogP contribution >= 0.6 is 0 Å². The molecule has 0 saturated heterocycles. The van der Waals surface area contributed by atoms with Gasteiger partial charge in [0.1, 0.15) is 6.10 Å². The minimum absolute atomic E-state index is 0.465. The third-order valence-corrected chi connectivity index (χ3v) is 3.47. The fourth-order valence-corrected chi connectivity index (χ4v) is 2.23. The fourth-order valence-electron chi connectivity index (χ4n) is 2.23. The Hall–Kier alpha value is -1.87. The standard InChI is InChI=1S/C16H19NO2/c1-10-8-12(3)14(9-11(10)2)15(18)13-6-5-7-17-16(13)19-4/h5-9,15,18H,1-4H3. The van der Waals surface area contributed by atoms with E-state index in [2.05, 4.69) is 18.0 Å². The summed E-state index contributed by atoms with van der Waals surface area (Å²) in [6, 6.07) is 7.76. The summed E-state index contributed by atoms with van der Waals surface area (Å²) in [7, 11) is 1.56. The Morgan fingerprint density at radius 2 is 1.74 bits per heavy atom. The van der Waals surface area contributed by atoms with Gasteiger partial charge < -0.3 is 9.84 Å². The molecule has 1 N–H and O–H groups in total. The van der Waals surface area contributed by atoms with Gasteiger partial charge in [0.15, 0.2) is 0 Å². The lowest BCUT2D eigenvalue weighted by atomic mass is 9.94. The van der Waals surface area contributed by atoms with Crippen LogP contribution in [0.2, 0.25) is 0 Å². The second kappa shape index (κ2) is 5.41. The summed E-state index contributed by atoms with van der Waals surface area (Å²) in [5.41, 5.74) is 5.06. The molecule has 1 atom stereocenters. The van der Waals surface area contributed by atoms with E-state index < -0.39 is 6.10 Å². The number of benzene rings is 1. The molecule has 0 aliphatic carbocycles. The monoisotopic (exact) mass is 257 g/mol. The molecular formula is C16H19NO2. The first kappa shape index (κ1) is 13.6. The molecular weight excluding hydrogens is 238 g/mol. The van der Waals surface area contributed by atoms with Gasteiger partial charge in [-0.15, -0.1) is 0 Å². The molecule has 100 valence electrons. The van der Waals surface area contributed by atoms with Gasteiger partial charge in [-0.1, -0.05) is 12.1 Å². The molecule has 1 aromatic heterocycles. The SMILES string of the molecule is COc1ncccc1C(O)c1cc(C)c(C)cc1C. The largest absolute Gasteiger partial charge is 0.481 e. The third kappa shape index (κ3) is 2.61. The van der Waals surface area contributed by atoms with Crippen LogP contribution in [0.15, 0.2) is 30.5 Å². The number of nitrogens with zero attached hydrogens (tertiary/aromatic N) is 1. The molecule has 0 aliphatic rings. The number of methoxy groups -OCH3 is 1. The highest BCUT2D eigenvalue weighted by atomic mass is 16.5. The summed E-state index contributed by atoms with van der Waals surface area (Å²) in [6.07, 6.45) is 0.936. The highest BCUT2D eigenvalue weighted by molar-refractivity contribution is 5.43. The zero-order chi connectivity index (χ0) is 14.0. The van der Waals surface area contributed by atoms with Gasteiger partial charge in [-0.25, -0.2) is 4.98 Å². The van der Waals surface area contributed by atoms with E-state index >= 15 is 0 Å². The van der Waals surface area contributed by atoms with E-state index in [-0.39, 0.29) is 0 Å². The number of hydrogen-bond donors (Lipinski definition) is 1. The van der Waals surface area contributed by atoms with Crippen molar-refractivity contribution in [2.45, 2.75) is 26.9 Å². The molecule has 3 nitrogen and oxygen atoms in total. The van der Waals surface area contributed by atoms with Gasteiger partial charge in [0.05, 0.1) is 7.11 Å². The van der Waals surface area contributed by atoms with Crippen molar-refractivity contribution < 1.29 is 9.84 Å². The average Bonchev–Trinajstić information content (AvgIpc) is 2.42. The Balaban J connectivity index is 2.50. The van der Waals surface area contributed by atoms with Gasteiger partial charge in [-0.3, -0.25) is 0 Å². The molecule has 19 heavy (non-hydrogen) atoms. The number of aliphatic hydroxyl groups is 1. The van der Waals surface area contributed by atoms with Gasteiger partial charge in [-0.2, -0.15) is 0 Å². The lowest BCUT2D eigenvalue weighted by Gasteiger charge is -2.17. The second-order valence-corrected chi connectivity index (χ2v) is 4.80. The molecule has 1 unspecified atom stereocenters. The van der Waals surface area contributed by atoms with Crippen molar-refractivity contribution in [3.8, 4) is 5.88 Å². The first-order chi connectivity index (χ1) is 9.04. The van der Waals surface area contributed by atoms with Crippen LogP contribution in [-0.4, -0.2) is 17.2 Å². The van der Waals surface area contributed by atoms with Crippen LogP contribution in [0.25, 0.3) is 0 Å². The molecule has 0 spiro atoms. The maximum atomic E-state index is 10.6. The van der Waals surface area contributed by atoms with E-state index in [0.717, 1.165) is 11.1 Å². The summed E-state index contributed by atoms with van der Waals surface area (Å²) < 4.78 is 5.21. The number of aryl methyl sites for hydroxylation is 3. The maximum absolute atomic E-state index is 10.6. The minimum atomic E-state index is -0.719. The number of aliphatic hydroxyl groups excluding tert-OH is 1. The quantitative estimate of drug-likeness (QED) is 0.918. The van der Waals surface area contributed by atoms with Crippen molar-refractivity contribution in [2.75, 3.05) is 7.11 Å². The Kier molecular flexibility index (Phi) is 3.86. The molecule has 3 heteroatoms. The van der Waals surface area contributed by atoms with Crippen LogP contribution in [-0.2, 0) is 0 Å². The van der Waals surface area contributed by atoms with Crippen LogP contribution in [0.4, 0.5) is 0 Å². The molecule has 0 bridgehead atoms. The number of rotatable bonds is 3. The summed E-state index contributed by atoms with van der Waals surface area (Å²) in [5.74, 6) is 0.465. The van der Waals surface area contributed by atoms with E-state index in [1.165, 1.54) is 11.1 Å². The zero-order valence-corrected chi connectivity index (χ0v) is 11.8. The molecule has 0 radical (unpaired) electrons. The van der Waals surface area contributed by atoms with Crippen LogP contribution in [0.1, 0.15) is 33.9 Å². The van der Waals surface area contributed by atoms with Crippen molar-refractivity contribution in [2.24, 2.45) is 0 Å². The number of aromatic nitrogens is 1. The Bertz CT molecular complexity index is 593. The highest BCUT2D eigenvalue weighted by Crippen LogP contribution is 2.31. The lowest BCUT2D eigenvalue weighted by Crippen LogP contribution is -2.06. The average molecular weight is 257 g/mol. The van der Waals surface area contributed by atoms with Gasteiger partial charge in [0.25, 0.3) is 0 Å². The van der Waals surface area contributed by atoms with Crippen molar-refractivity contribution in [3.05, 3.63) is 58.3 Å². The van der Waals surface area contributed by atoms with E-state index in [1.807, 2.05) is 26.0 Å². The molecule has 0 aliphatic heterocycles. The van der Waals surface area contributed by atoms with Crippen LogP contribution in [0, 0.1) is 20.8 Å². The topological polar surface area (TPSA) is 42.4 Å². The minimum Gasteiger partial charge on any atom is -0.481 e. The highest BCUT2D eigenvalue weighted by Gasteiger charge is 2.18. The van der Waals surface area contributed by atoms with Crippen LogP contribution in [0.3, 0.4) is 0 Å². The Morgan fingerprint density at radius 1 is 1.05 bits per heavy atom. The lowest BCUT2D eigenvalue weighted by molar-refractivity contribution is 0.212. The van der Waals surface area contributed by atoms with E-state index in [4.69, 9.17) is 4.74 Å². The predicted molar refractivity (Wildman–Crippen MR) is 75.5 cm³/mol. The van der Waals surface area contributed by atoms with Crippen molar-refractivity contribution in [1.82, 2.24) is 4.98 Å². The van der Waals surface area contributed by atoms with E-state index in [1.54, 1.807) is 19.4 Å². The van der Waals surface area contributed by atoms with Gasteiger partial charge in [0, 0.05) is 11.8 Å². The maximum Gasteiger partial charge on any atom is 0.219 e. The van der Waals surface area contributed by atoms with Crippen LogP contribution < -0.4 is 4.74 Å². The van der Waals surface area contributed by atoms with E-state index in [0.29, 0.717) is 11.4 Å². The molecule has 1 heterocycles. The summed E-state index contributed by atoms with van der Waals surface area (Å²) >= 11 is 0.